The largest absolute Gasteiger partial charge is 0.370 e. The second-order valence-corrected chi connectivity index (χ2v) is 2.22. The van der Waals surface area contributed by atoms with Gasteiger partial charge in [-0.3, -0.25) is 13.6 Å². The van der Waals surface area contributed by atoms with Crippen LogP contribution in [0.2, 0.25) is 0 Å². The minimum Gasteiger partial charge on any atom is -0.370 e. The van der Waals surface area contributed by atoms with Gasteiger partial charge in [0, 0.05) is 0 Å². The monoisotopic (exact) mass is 172 g/mol. The van der Waals surface area contributed by atoms with Crippen molar-refractivity contribution in [1.29, 1.82) is 0 Å². The minimum absolute atomic E-state index is 0.578. The van der Waals surface area contributed by atoms with Gasteiger partial charge >= 0.3 is 8.60 Å². The smallest absolute Gasteiger partial charge is 0.339 e. The van der Waals surface area contributed by atoms with E-state index in [1.807, 2.05) is 0 Å². The third-order valence-electron chi connectivity index (χ3n) is 0.489. The highest BCUT2D eigenvalue weighted by atomic mass is 31.2. The Kier molecular flexibility index (Phi) is 7.44. The van der Waals surface area contributed by atoms with Gasteiger partial charge in [-0.1, -0.05) is 0 Å². The van der Waals surface area contributed by atoms with Gasteiger partial charge in [0.05, 0.1) is 0 Å². The highest BCUT2D eigenvalue weighted by molar-refractivity contribution is 7.41. The molecule has 0 aliphatic carbocycles. The minimum atomic E-state index is -1.81. The van der Waals surface area contributed by atoms with Crippen molar-refractivity contribution < 1.29 is 28.9 Å². The van der Waals surface area contributed by atoms with Crippen molar-refractivity contribution >= 4 is 8.60 Å². The van der Waals surface area contributed by atoms with Crippen molar-refractivity contribution in [3.8, 4) is 0 Å². The molecule has 0 rings (SSSR count). The molecule has 0 aromatic rings. The molecule has 0 heterocycles. The molecule has 7 heteroatoms. The van der Waals surface area contributed by atoms with E-state index in [1.54, 1.807) is 0 Å². The van der Waals surface area contributed by atoms with Crippen molar-refractivity contribution in [2.24, 2.45) is 0 Å². The number of aliphatic hydroxyl groups is 3. The van der Waals surface area contributed by atoms with Crippen LogP contribution in [0.25, 0.3) is 0 Å². The summed E-state index contributed by atoms with van der Waals surface area (Å²) in [6, 6.07) is 0. The number of hydrogen-bond donors (Lipinski definition) is 3. The van der Waals surface area contributed by atoms with Gasteiger partial charge in [-0.25, -0.2) is 0 Å². The Morgan fingerprint density at radius 2 is 1.10 bits per heavy atom. The van der Waals surface area contributed by atoms with Crippen LogP contribution in [0, 0.1) is 0 Å². The topological polar surface area (TPSA) is 88.4 Å². The molecule has 0 radical (unpaired) electrons. The fraction of sp³-hybridized carbons (Fsp3) is 1.00. The quantitative estimate of drug-likeness (QED) is 0.356. The molecule has 0 saturated carbocycles. The number of aliphatic hydroxyl groups excluding tert-OH is 3. The lowest BCUT2D eigenvalue weighted by atomic mass is 11.6. The summed E-state index contributed by atoms with van der Waals surface area (Å²) in [6.07, 6.45) is 0. The Labute approximate surface area is 59.0 Å². The van der Waals surface area contributed by atoms with Crippen molar-refractivity contribution in [3.05, 3.63) is 0 Å². The molecule has 6 nitrogen and oxygen atoms in total. The molecule has 62 valence electrons. The Balaban J connectivity index is 3.30. The zero-order chi connectivity index (χ0) is 7.82. The SMILES string of the molecule is OCOP(OCO)OCO. The molecule has 0 saturated heterocycles. The summed E-state index contributed by atoms with van der Waals surface area (Å²) in [5.41, 5.74) is 0. The molecule has 0 fully saturated rings. The highest BCUT2D eigenvalue weighted by Gasteiger charge is 2.09. The summed E-state index contributed by atoms with van der Waals surface area (Å²) in [4.78, 5) is 0. The van der Waals surface area contributed by atoms with E-state index in [0.29, 0.717) is 0 Å². The summed E-state index contributed by atoms with van der Waals surface area (Å²) in [7, 11) is -1.81. The van der Waals surface area contributed by atoms with Crippen molar-refractivity contribution in [2.75, 3.05) is 20.4 Å². The lowest BCUT2D eigenvalue weighted by Crippen LogP contribution is -1.97. The van der Waals surface area contributed by atoms with Crippen LogP contribution >= 0.6 is 8.60 Å². The van der Waals surface area contributed by atoms with Gasteiger partial charge in [-0.15, -0.1) is 0 Å². The van der Waals surface area contributed by atoms with Crippen LogP contribution in [0.1, 0.15) is 0 Å². The van der Waals surface area contributed by atoms with E-state index in [1.165, 1.54) is 0 Å². The van der Waals surface area contributed by atoms with Crippen LogP contribution in [0.3, 0.4) is 0 Å². The van der Waals surface area contributed by atoms with Gasteiger partial charge in [0.25, 0.3) is 0 Å². The van der Waals surface area contributed by atoms with E-state index in [4.69, 9.17) is 15.3 Å². The van der Waals surface area contributed by atoms with E-state index >= 15 is 0 Å². The van der Waals surface area contributed by atoms with Crippen LogP contribution in [0.15, 0.2) is 0 Å². The van der Waals surface area contributed by atoms with Crippen LogP contribution in [-0.2, 0) is 13.6 Å². The molecular weight excluding hydrogens is 163 g/mol. The summed E-state index contributed by atoms with van der Waals surface area (Å²) in [5, 5.41) is 24.5. The van der Waals surface area contributed by atoms with E-state index in [-0.39, 0.29) is 0 Å². The van der Waals surface area contributed by atoms with Gasteiger partial charge in [0.2, 0.25) is 0 Å². The zero-order valence-electron chi connectivity index (χ0n) is 5.13. The number of rotatable bonds is 6. The Morgan fingerprint density at radius 3 is 1.30 bits per heavy atom. The maximum Gasteiger partial charge on any atom is 0.339 e. The second-order valence-electron chi connectivity index (χ2n) is 0.998. The molecule has 0 aliphatic rings. The first-order chi connectivity index (χ1) is 4.85. The van der Waals surface area contributed by atoms with E-state index in [2.05, 4.69) is 13.6 Å². The zero-order valence-corrected chi connectivity index (χ0v) is 6.03. The van der Waals surface area contributed by atoms with Crippen molar-refractivity contribution in [2.45, 2.75) is 0 Å². The third-order valence-corrected chi connectivity index (χ3v) is 1.47. The normalized spacial score (nSPS) is 10.8. The van der Waals surface area contributed by atoms with Gasteiger partial charge < -0.3 is 15.3 Å². The maximum atomic E-state index is 8.16. The van der Waals surface area contributed by atoms with E-state index in [0.717, 1.165) is 0 Å². The summed E-state index contributed by atoms with van der Waals surface area (Å²) in [5.74, 6) is 0. The third kappa shape index (κ3) is 5.01. The van der Waals surface area contributed by atoms with Crippen LogP contribution < -0.4 is 0 Å². The molecule has 0 aromatic carbocycles. The molecule has 0 aromatic heterocycles. The lowest BCUT2D eigenvalue weighted by Gasteiger charge is -2.11. The molecule has 10 heavy (non-hydrogen) atoms. The molecule has 0 unspecified atom stereocenters. The Hall–Kier alpha value is 0.190. The van der Waals surface area contributed by atoms with Gasteiger partial charge in [-0.2, -0.15) is 0 Å². The van der Waals surface area contributed by atoms with Gasteiger partial charge in [0.15, 0.2) is 20.4 Å². The Morgan fingerprint density at radius 1 is 0.800 bits per heavy atom. The van der Waals surface area contributed by atoms with Gasteiger partial charge in [-0.05, 0) is 0 Å². The number of hydrogen-bond acceptors (Lipinski definition) is 6. The molecule has 0 amide bonds. The molecule has 3 N–H and O–H groups in total. The fourth-order valence-electron chi connectivity index (χ4n) is 0.253. The lowest BCUT2D eigenvalue weighted by molar-refractivity contribution is 0.00275. The maximum absolute atomic E-state index is 8.16. The first kappa shape index (κ1) is 10.2. The average molecular weight is 172 g/mol. The van der Waals surface area contributed by atoms with E-state index < -0.39 is 29.0 Å². The predicted octanol–water partition coefficient (Wildman–Crippen LogP) is -0.888. The first-order valence-corrected chi connectivity index (χ1v) is 3.46. The fourth-order valence-corrected chi connectivity index (χ4v) is 0.760. The highest BCUT2D eigenvalue weighted by Crippen LogP contribution is 2.38. The van der Waals surface area contributed by atoms with Crippen LogP contribution in [0.5, 0.6) is 0 Å². The molecule has 0 atom stereocenters. The molecule has 0 bridgehead atoms. The average Bonchev–Trinajstić information content (AvgIpc) is 1.90. The standard InChI is InChI=1S/C3H9O6P/c4-1-7-10(8-2-5)9-3-6/h4-6H,1-3H2. The molecule has 0 spiro atoms. The van der Waals surface area contributed by atoms with Crippen LogP contribution in [0.4, 0.5) is 0 Å². The summed E-state index contributed by atoms with van der Waals surface area (Å²) in [6.45, 7) is -1.73. The summed E-state index contributed by atoms with van der Waals surface area (Å²) >= 11 is 0. The Bertz CT molecular complexity index is 55.7. The molecule has 0 aliphatic heterocycles. The van der Waals surface area contributed by atoms with Crippen LogP contribution in [-0.4, -0.2) is 35.7 Å². The van der Waals surface area contributed by atoms with Crippen molar-refractivity contribution in [3.63, 3.8) is 0 Å². The first-order valence-electron chi connectivity index (χ1n) is 2.36. The van der Waals surface area contributed by atoms with E-state index in [9.17, 15) is 0 Å². The second kappa shape index (κ2) is 7.30. The predicted molar refractivity (Wildman–Crippen MR) is 31.4 cm³/mol. The van der Waals surface area contributed by atoms with Gasteiger partial charge in [0.1, 0.15) is 0 Å². The summed E-state index contributed by atoms with van der Waals surface area (Å²) < 4.78 is 13.1. The van der Waals surface area contributed by atoms with Crippen molar-refractivity contribution in [1.82, 2.24) is 0 Å². The molecular formula is C3H9O6P.